The van der Waals surface area contributed by atoms with Gasteiger partial charge < -0.3 is 10.1 Å². The first-order valence-corrected chi connectivity index (χ1v) is 7.80. The largest absolute Gasteiger partial charge is 0.497 e. The molecule has 3 rings (SSSR count). The van der Waals surface area contributed by atoms with Gasteiger partial charge in [0, 0.05) is 16.8 Å². The van der Waals surface area contributed by atoms with Crippen molar-refractivity contribution in [3.63, 3.8) is 0 Å². The lowest BCUT2D eigenvalue weighted by Crippen LogP contribution is -2.18. The van der Waals surface area contributed by atoms with Gasteiger partial charge in [-0.05, 0) is 29.8 Å². The maximum Gasteiger partial charge on any atom is 0.343 e. The molecular formula is C17H17ClN4O2. The molecule has 0 unspecified atom stereocenters. The van der Waals surface area contributed by atoms with Crippen molar-refractivity contribution in [1.29, 1.82) is 0 Å². The Morgan fingerprint density at radius 3 is 2.88 bits per heavy atom. The van der Waals surface area contributed by atoms with Crippen molar-refractivity contribution < 1.29 is 4.74 Å². The minimum absolute atomic E-state index is 0.252. The molecule has 2 N–H and O–H groups in total. The van der Waals surface area contributed by atoms with Crippen LogP contribution in [0.2, 0.25) is 5.02 Å². The lowest BCUT2D eigenvalue weighted by atomic mass is 10.2. The number of aromatic nitrogens is 3. The van der Waals surface area contributed by atoms with Crippen LogP contribution in [0.25, 0.3) is 0 Å². The Morgan fingerprint density at radius 1 is 1.25 bits per heavy atom. The molecule has 1 aromatic heterocycles. The summed E-state index contributed by atoms with van der Waals surface area (Å²) >= 11 is 5.96. The van der Waals surface area contributed by atoms with Crippen molar-refractivity contribution in [2.24, 2.45) is 0 Å². The Morgan fingerprint density at radius 2 is 2.08 bits per heavy atom. The quantitative estimate of drug-likeness (QED) is 0.721. The van der Waals surface area contributed by atoms with E-state index in [9.17, 15) is 4.79 Å². The number of nitrogens with one attached hydrogen (secondary N) is 2. The summed E-state index contributed by atoms with van der Waals surface area (Å²) in [4.78, 5) is 14.8. The van der Waals surface area contributed by atoms with Gasteiger partial charge in [0.1, 0.15) is 11.6 Å². The monoisotopic (exact) mass is 344 g/mol. The summed E-state index contributed by atoms with van der Waals surface area (Å²) in [6.07, 6.45) is 0. The van der Waals surface area contributed by atoms with Crippen LogP contribution in [0.15, 0.2) is 53.3 Å². The molecule has 3 aromatic rings. The average molecular weight is 345 g/mol. The number of H-pyrrole nitrogens is 1. The van der Waals surface area contributed by atoms with E-state index in [1.165, 1.54) is 4.68 Å². The molecule has 1 heterocycles. The number of halogens is 1. The lowest BCUT2D eigenvalue weighted by molar-refractivity contribution is 0.415. The molecular weight excluding hydrogens is 328 g/mol. The lowest BCUT2D eigenvalue weighted by Gasteiger charge is -2.06. The molecule has 124 valence electrons. The SMILES string of the molecule is COc1cccc(NCc2nn(Cc3cccc(Cl)c3)c(=O)[nH]2)c1. The zero-order chi connectivity index (χ0) is 16.9. The third-order valence-corrected chi connectivity index (χ3v) is 3.71. The summed E-state index contributed by atoms with van der Waals surface area (Å²) in [5.74, 6) is 1.32. The molecule has 0 bridgehead atoms. The normalized spacial score (nSPS) is 10.6. The Balaban J connectivity index is 1.68. The second kappa shape index (κ2) is 7.23. The van der Waals surface area contributed by atoms with Gasteiger partial charge in [-0.25, -0.2) is 9.48 Å². The van der Waals surface area contributed by atoms with Crippen LogP contribution in [0.5, 0.6) is 5.75 Å². The number of nitrogens with zero attached hydrogens (tertiary/aromatic N) is 2. The van der Waals surface area contributed by atoms with Crippen LogP contribution >= 0.6 is 11.6 Å². The first kappa shape index (κ1) is 16.1. The van der Waals surface area contributed by atoms with Crippen LogP contribution in [0.1, 0.15) is 11.4 Å². The summed E-state index contributed by atoms with van der Waals surface area (Å²) in [6, 6.07) is 14.9. The number of hydrogen-bond donors (Lipinski definition) is 2. The smallest absolute Gasteiger partial charge is 0.343 e. The fraction of sp³-hybridized carbons (Fsp3) is 0.176. The van der Waals surface area contributed by atoms with Crippen molar-refractivity contribution in [2.45, 2.75) is 13.1 Å². The number of ether oxygens (including phenoxy) is 1. The molecule has 6 nitrogen and oxygen atoms in total. The van der Waals surface area contributed by atoms with Gasteiger partial charge in [-0.1, -0.05) is 29.8 Å². The minimum Gasteiger partial charge on any atom is -0.497 e. The molecule has 0 radical (unpaired) electrons. The van der Waals surface area contributed by atoms with Crippen molar-refractivity contribution >= 4 is 17.3 Å². The number of benzene rings is 2. The highest BCUT2D eigenvalue weighted by molar-refractivity contribution is 6.30. The van der Waals surface area contributed by atoms with E-state index < -0.39 is 0 Å². The molecule has 2 aromatic carbocycles. The van der Waals surface area contributed by atoms with E-state index in [2.05, 4.69) is 15.4 Å². The van der Waals surface area contributed by atoms with Crippen molar-refractivity contribution in [2.75, 3.05) is 12.4 Å². The van der Waals surface area contributed by atoms with E-state index >= 15 is 0 Å². The molecule has 0 aliphatic rings. The van der Waals surface area contributed by atoms with Crippen LogP contribution < -0.4 is 15.7 Å². The van der Waals surface area contributed by atoms with E-state index in [0.717, 1.165) is 17.0 Å². The predicted molar refractivity (Wildman–Crippen MR) is 93.7 cm³/mol. The van der Waals surface area contributed by atoms with Crippen LogP contribution in [0.4, 0.5) is 5.69 Å². The number of hydrogen-bond acceptors (Lipinski definition) is 4. The maximum absolute atomic E-state index is 12.0. The van der Waals surface area contributed by atoms with Gasteiger partial charge in [0.15, 0.2) is 0 Å². The molecule has 0 aliphatic carbocycles. The predicted octanol–water partition coefficient (Wildman–Crippen LogP) is 2.89. The Kier molecular flexibility index (Phi) is 4.86. The highest BCUT2D eigenvalue weighted by atomic mass is 35.5. The maximum atomic E-state index is 12.0. The number of rotatable bonds is 6. The molecule has 24 heavy (non-hydrogen) atoms. The Bertz CT molecular complexity index is 888. The van der Waals surface area contributed by atoms with E-state index in [1.54, 1.807) is 13.2 Å². The van der Waals surface area contributed by atoms with E-state index in [-0.39, 0.29) is 5.69 Å². The van der Waals surface area contributed by atoms with E-state index in [4.69, 9.17) is 16.3 Å². The van der Waals surface area contributed by atoms with Gasteiger partial charge in [0.05, 0.1) is 20.2 Å². The summed E-state index contributed by atoms with van der Waals surface area (Å²) < 4.78 is 6.56. The van der Waals surface area contributed by atoms with Gasteiger partial charge in [-0.15, -0.1) is 0 Å². The van der Waals surface area contributed by atoms with E-state index in [1.807, 2.05) is 42.5 Å². The molecule has 7 heteroatoms. The number of aromatic amines is 1. The van der Waals surface area contributed by atoms with Crippen LogP contribution in [-0.2, 0) is 13.1 Å². The average Bonchev–Trinajstić information content (AvgIpc) is 2.93. The van der Waals surface area contributed by atoms with Crippen molar-refractivity contribution in [3.05, 3.63) is 75.4 Å². The van der Waals surface area contributed by atoms with Gasteiger partial charge in [-0.2, -0.15) is 5.10 Å². The third kappa shape index (κ3) is 3.97. The third-order valence-electron chi connectivity index (χ3n) is 3.48. The Hall–Kier alpha value is -2.73. The summed E-state index contributed by atoms with van der Waals surface area (Å²) in [6.45, 7) is 0.778. The summed E-state index contributed by atoms with van der Waals surface area (Å²) in [5.41, 5.74) is 1.56. The molecule has 0 spiro atoms. The minimum atomic E-state index is -0.252. The highest BCUT2D eigenvalue weighted by Gasteiger charge is 2.06. The zero-order valence-electron chi connectivity index (χ0n) is 13.1. The second-order valence-corrected chi connectivity index (χ2v) is 5.69. The summed E-state index contributed by atoms with van der Waals surface area (Å²) in [7, 11) is 1.62. The number of methoxy groups -OCH3 is 1. The van der Waals surface area contributed by atoms with Crippen LogP contribution in [0, 0.1) is 0 Å². The summed E-state index contributed by atoms with van der Waals surface area (Å²) in [5, 5.41) is 8.14. The molecule has 0 amide bonds. The van der Waals surface area contributed by atoms with Gasteiger partial charge in [-0.3, -0.25) is 4.98 Å². The number of anilines is 1. The van der Waals surface area contributed by atoms with Crippen LogP contribution in [-0.4, -0.2) is 21.9 Å². The van der Waals surface area contributed by atoms with Crippen molar-refractivity contribution in [3.8, 4) is 5.75 Å². The molecule has 0 aliphatic heterocycles. The first-order valence-electron chi connectivity index (χ1n) is 7.42. The standard InChI is InChI=1S/C17H17ClN4O2/c1-24-15-7-3-6-14(9-15)19-10-16-20-17(23)22(21-16)11-12-4-2-5-13(18)8-12/h2-9,19H,10-11H2,1H3,(H,20,21,23). The fourth-order valence-corrected chi connectivity index (χ4v) is 2.53. The van der Waals surface area contributed by atoms with Crippen LogP contribution in [0.3, 0.4) is 0 Å². The highest BCUT2D eigenvalue weighted by Crippen LogP contribution is 2.17. The Labute approximate surface area is 144 Å². The van der Waals surface area contributed by atoms with Gasteiger partial charge >= 0.3 is 5.69 Å². The molecule has 0 fully saturated rings. The molecule has 0 saturated carbocycles. The molecule has 0 atom stereocenters. The zero-order valence-corrected chi connectivity index (χ0v) is 13.9. The fourth-order valence-electron chi connectivity index (χ4n) is 2.32. The molecule has 0 saturated heterocycles. The van der Waals surface area contributed by atoms with E-state index in [0.29, 0.717) is 23.9 Å². The van der Waals surface area contributed by atoms with Gasteiger partial charge in [0.2, 0.25) is 0 Å². The first-order chi connectivity index (χ1) is 11.6. The van der Waals surface area contributed by atoms with Gasteiger partial charge in [0.25, 0.3) is 0 Å². The van der Waals surface area contributed by atoms with Crippen molar-refractivity contribution in [1.82, 2.24) is 14.8 Å². The topological polar surface area (TPSA) is 71.9 Å². The second-order valence-electron chi connectivity index (χ2n) is 5.25.